The highest BCUT2D eigenvalue weighted by Gasteiger charge is 2.13. The Bertz CT molecular complexity index is 548. The summed E-state index contributed by atoms with van der Waals surface area (Å²) in [6, 6.07) is 7.44. The van der Waals surface area contributed by atoms with Crippen molar-refractivity contribution < 1.29 is 4.79 Å². The topological polar surface area (TPSA) is 69.8 Å². The number of carbonyl (C=O) groups excluding carboxylic acids is 1. The first kappa shape index (κ1) is 9.89. The van der Waals surface area contributed by atoms with Gasteiger partial charge in [-0.1, -0.05) is 6.07 Å². The highest BCUT2D eigenvalue weighted by Crippen LogP contribution is 2.23. The SMILES string of the molecule is O=C(Nc1ccn[nH]1)c1ccc2c(c1)NCC2. The lowest BCUT2D eigenvalue weighted by molar-refractivity contribution is 0.102. The quantitative estimate of drug-likeness (QED) is 0.731. The molecule has 0 bridgehead atoms. The summed E-state index contributed by atoms with van der Waals surface area (Å²) in [5.74, 6) is 0.467. The van der Waals surface area contributed by atoms with E-state index in [2.05, 4.69) is 20.8 Å². The highest BCUT2D eigenvalue weighted by molar-refractivity contribution is 6.04. The van der Waals surface area contributed by atoms with Gasteiger partial charge in [0.2, 0.25) is 0 Å². The summed E-state index contributed by atoms with van der Waals surface area (Å²) >= 11 is 0. The van der Waals surface area contributed by atoms with Crippen molar-refractivity contribution in [3.05, 3.63) is 41.6 Å². The maximum atomic E-state index is 11.9. The molecule has 0 spiro atoms. The Labute approximate surface area is 98.2 Å². The number of amides is 1. The molecule has 0 aliphatic carbocycles. The van der Waals surface area contributed by atoms with Crippen LogP contribution in [0.25, 0.3) is 0 Å². The molecule has 0 unspecified atom stereocenters. The molecule has 3 rings (SSSR count). The van der Waals surface area contributed by atoms with E-state index in [1.165, 1.54) is 5.56 Å². The van der Waals surface area contributed by atoms with Gasteiger partial charge in [-0.25, -0.2) is 0 Å². The zero-order valence-corrected chi connectivity index (χ0v) is 9.16. The normalized spacial score (nSPS) is 12.9. The van der Waals surface area contributed by atoms with Gasteiger partial charge in [-0.05, 0) is 24.1 Å². The molecule has 2 heterocycles. The number of H-pyrrole nitrogens is 1. The van der Waals surface area contributed by atoms with E-state index in [0.717, 1.165) is 18.7 Å². The first-order chi connectivity index (χ1) is 8.33. The lowest BCUT2D eigenvalue weighted by atomic mass is 10.1. The minimum atomic E-state index is -0.134. The summed E-state index contributed by atoms with van der Waals surface area (Å²) in [5, 5.41) is 12.5. The minimum Gasteiger partial charge on any atom is -0.384 e. The van der Waals surface area contributed by atoms with Gasteiger partial charge in [-0.2, -0.15) is 5.10 Å². The number of benzene rings is 1. The lowest BCUT2D eigenvalue weighted by Crippen LogP contribution is -2.12. The number of hydrogen-bond acceptors (Lipinski definition) is 3. The van der Waals surface area contributed by atoms with Crippen molar-refractivity contribution in [2.45, 2.75) is 6.42 Å². The van der Waals surface area contributed by atoms with Gasteiger partial charge < -0.3 is 10.6 Å². The summed E-state index contributed by atoms with van der Waals surface area (Å²) in [7, 11) is 0. The second kappa shape index (κ2) is 3.93. The van der Waals surface area contributed by atoms with Gasteiger partial charge in [-0.15, -0.1) is 0 Å². The van der Waals surface area contributed by atoms with Crippen molar-refractivity contribution in [3.8, 4) is 0 Å². The fraction of sp³-hybridized carbons (Fsp3) is 0.167. The molecule has 17 heavy (non-hydrogen) atoms. The third-order valence-corrected chi connectivity index (χ3v) is 2.83. The van der Waals surface area contributed by atoms with Crippen LogP contribution in [-0.2, 0) is 6.42 Å². The molecular weight excluding hydrogens is 216 g/mol. The molecule has 5 heteroatoms. The van der Waals surface area contributed by atoms with Crippen LogP contribution in [0.5, 0.6) is 0 Å². The third-order valence-electron chi connectivity index (χ3n) is 2.83. The molecule has 1 aromatic heterocycles. The molecular formula is C12H12N4O. The minimum absolute atomic E-state index is 0.134. The van der Waals surface area contributed by atoms with E-state index in [1.54, 1.807) is 12.3 Å². The van der Waals surface area contributed by atoms with Crippen molar-refractivity contribution in [2.75, 3.05) is 17.2 Å². The fourth-order valence-electron chi connectivity index (χ4n) is 1.95. The van der Waals surface area contributed by atoms with Crippen molar-refractivity contribution in [1.29, 1.82) is 0 Å². The Balaban J connectivity index is 1.82. The van der Waals surface area contributed by atoms with Crippen LogP contribution in [-0.4, -0.2) is 22.6 Å². The molecule has 1 aliphatic rings. The van der Waals surface area contributed by atoms with Crippen LogP contribution in [0, 0.1) is 0 Å². The number of nitrogens with zero attached hydrogens (tertiary/aromatic N) is 1. The predicted octanol–water partition coefficient (Wildman–Crippen LogP) is 1.63. The van der Waals surface area contributed by atoms with Crippen molar-refractivity contribution in [3.63, 3.8) is 0 Å². The lowest BCUT2D eigenvalue weighted by Gasteiger charge is -2.05. The zero-order valence-electron chi connectivity index (χ0n) is 9.16. The maximum absolute atomic E-state index is 11.9. The first-order valence-corrected chi connectivity index (χ1v) is 5.50. The average Bonchev–Trinajstić information content (AvgIpc) is 2.97. The van der Waals surface area contributed by atoms with E-state index in [-0.39, 0.29) is 5.91 Å². The number of aromatic nitrogens is 2. The molecule has 0 saturated heterocycles. The Morgan fingerprint density at radius 1 is 1.35 bits per heavy atom. The number of aromatic amines is 1. The molecule has 0 atom stereocenters. The van der Waals surface area contributed by atoms with Crippen LogP contribution in [0.1, 0.15) is 15.9 Å². The smallest absolute Gasteiger partial charge is 0.256 e. The van der Waals surface area contributed by atoms with Gasteiger partial charge in [0.1, 0.15) is 5.82 Å². The Morgan fingerprint density at radius 3 is 3.12 bits per heavy atom. The summed E-state index contributed by atoms with van der Waals surface area (Å²) < 4.78 is 0. The molecule has 0 fully saturated rings. The van der Waals surface area contributed by atoms with Gasteiger partial charge in [0.15, 0.2) is 0 Å². The van der Waals surface area contributed by atoms with Gasteiger partial charge in [0.25, 0.3) is 5.91 Å². The molecule has 86 valence electrons. The van der Waals surface area contributed by atoms with E-state index in [0.29, 0.717) is 11.4 Å². The highest BCUT2D eigenvalue weighted by atomic mass is 16.1. The third kappa shape index (κ3) is 1.87. The van der Waals surface area contributed by atoms with Gasteiger partial charge in [0.05, 0.1) is 6.20 Å². The first-order valence-electron chi connectivity index (χ1n) is 5.50. The van der Waals surface area contributed by atoms with Gasteiger partial charge in [0, 0.05) is 23.9 Å². The Hall–Kier alpha value is -2.30. The second-order valence-corrected chi connectivity index (χ2v) is 3.97. The predicted molar refractivity (Wildman–Crippen MR) is 65.2 cm³/mol. The monoisotopic (exact) mass is 228 g/mol. The van der Waals surface area contributed by atoms with Gasteiger partial charge in [-0.3, -0.25) is 9.89 Å². The molecule has 3 N–H and O–H groups in total. The maximum Gasteiger partial charge on any atom is 0.256 e. The van der Waals surface area contributed by atoms with E-state index in [1.807, 2.05) is 18.2 Å². The number of hydrogen-bond donors (Lipinski definition) is 3. The number of carbonyl (C=O) groups is 1. The standard InChI is InChI=1S/C12H12N4O/c17-12(15-11-4-6-14-16-11)9-2-1-8-3-5-13-10(8)7-9/h1-2,4,6-7,13H,3,5H2,(H2,14,15,16,17). The van der Waals surface area contributed by atoms with Crippen LogP contribution >= 0.6 is 0 Å². The molecule has 5 nitrogen and oxygen atoms in total. The van der Waals surface area contributed by atoms with E-state index in [4.69, 9.17) is 0 Å². The van der Waals surface area contributed by atoms with Gasteiger partial charge >= 0.3 is 0 Å². The molecule has 1 aliphatic heterocycles. The summed E-state index contributed by atoms with van der Waals surface area (Å²) in [4.78, 5) is 11.9. The molecule has 0 saturated carbocycles. The zero-order chi connectivity index (χ0) is 11.7. The van der Waals surface area contributed by atoms with Crippen LogP contribution in [0.2, 0.25) is 0 Å². The Morgan fingerprint density at radius 2 is 2.29 bits per heavy atom. The van der Waals surface area contributed by atoms with E-state index >= 15 is 0 Å². The second-order valence-electron chi connectivity index (χ2n) is 3.97. The molecule has 1 aromatic carbocycles. The van der Waals surface area contributed by atoms with Crippen molar-refractivity contribution in [1.82, 2.24) is 10.2 Å². The summed E-state index contributed by atoms with van der Waals surface area (Å²) in [6.07, 6.45) is 2.62. The largest absolute Gasteiger partial charge is 0.384 e. The van der Waals surface area contributed by atoms with Crippen LogP contribution in [0.4, 0.5) is 11.5 Å². The number of rotatable bonds is 2. The number of nitrogens with one attached hydrogen (secondary N) is 3. The number of anilines is 2. The van der Waals surface area contributed by atoms with Crippen LogP contribution in [0.3, 0.4) is 0 Å². The van der Waals surface area contributed by atoms with E-state index < -0.39 is 0 Å². The van der Waals surface area contributed by atoms with Crippen LogP contribution in [0.15, 0.2) is 30.5 Å². The van der Waals surface area contributed by atoms with E-state index in [9.17, 15) is 4.79 Å². The summed E-state index contributed by atoms with van der Waals surface area (Å²) in [5.41, 5.74) is 2.97. The van der Waals surface area contributed by atoms with Crippen molar-refractivity contribution >= 4 is 17.4 Å². The molecule has 2 aromatic rings. The Kier molecular flexibility index (Phi) is 2.29. The molecule has 1 amide bonds. The summed E-state index contributed by atoms with van der Waals surface area (Å²) in [6.45, 7) is 0.945. The number of fused-ring (bicyclic) bond motifs is 1. The van der Waals surface area contributed by atoms with Crippen LogP contribution < -0.4 is 10.6 Å². The fourth-order valence-corrected chi connectivity index (χ4v) is 1.95. The molecule has 0 radical (unpaired) electrons. The van der Waals surface area contributed by atoms with Crippen molar-refractivity contribution in [2.24, 2.45) is 0 Å². The average molecular weight is 228 g/mol.